The van der Waals surface area contributed by atoms with Crippen LogP contribution in [0.3, 0.4) is 0 Å². The molecule has 1 aromatic heterocycles. The first kappa shape index (κ1) is 13.7. The minimum Gasteiger partial charge on any atom is -0.396 e. The van der Waals surface area contributed by atoms with Gasteiger partial charge in [0.2, 0.25) is 5.95 Å². The van der Waals surface area contributed by atoms with Gasteiger partial charge in [0, 0.05) is 32.0 Å². The summed E-state index contributed by atoms with van der Waals surface area (Å²) in [5.41, 5.74) is 0.940. The molecule has 0 amide bonds. The zero-order valence-electron chi connectivity index (χ0n) is 10.8. The number of anilines is 2. The highest BCUT2D eigenvalue weighted by atomic mass is 16.3. The summed E-state index contributed by atoms with van der Waals surface area (Å²) in [6.07, 6.45) is 2.05. The minimum atomic E-state index is 0.260. The summed E-state index contributed by atoms with van der Waals surface area (Å²) in [4.78, 5) is 8.53. The van der Waals surface area contributed by atoms with Crippen molar-refractivity contribution in [2.24, 2.45) is 5.92 Å². The van der Waals surface area contributed by atoms with Gasteiger partial charge in [0.05, 0.1) is 0 Å². The third-order valence-corrected chi connectivity index (χ3v) is 2.57. The van der Waals surface area contributed by atoms with Crippen LogP contribution in [-0.4, -0.2) is 35.3 Å². The van der Waals surface area contributed by atoms with Gasteiger partial charge in [-0.3, -0.25) is 0 Å². The highest BCUT2D eigenvalue weighted by molar-refractivity contribution is 5.41. The summed E-state index contributed by atoms with van der Waals surface area (Å²) < 4.78 is 0. The minimum absolute atomic E-state index is 0.260. The van der Waals surface area contributed by atoms with Crippen molar-refractivity contribution in [3.05, 3.63) is 11.8 Å². The van der Waals surface area contributed by atoms with Crippen molar-refractivity contribution < 1.29 is 5.11 Å². The molecule has 1 unspecified atom stereocenters. The average molecular weight is 238 g/mol. The Labute approximate surface area is 103 Å². The van der Waals surface area contributed by atoms with Crippen LogP contribution in [0.15, 0.2) is 6.07 Å². The number of nitrogens with zero attached hydrogens (tertiary/aromatic N) is 2. The first-order valence-electron chi connectivity index (χ1n) is 6.04. The Balaban J connectivity index is 2.38. The Morgan fingerprint density at radius 3 is 2.82 bits per heavy atom. The van der Waals surface area contributed by atoms with E-state index in [-0.39, 0.29) is 6.61 Å². The van der Waals surface area contributed by atoms with Gasteiger partial charge in [-0.15, -0.1) is 0 Å². The van der Waals surface area contributed by atoms with Crippen LogP contribution in [0.4, 0.5) is 11.8 Å². The van der Waals surface area contributed by atoms with Crippen molar-refractivity contribution >= 4 is 11.8 Å². The van der Waals surface area contributed by atoms with Gasteiger partial charge in [0.1, 0.15) is 5.82 Å². The fourth-order valence-electron chi connectivity index (χ4n) is 1.53. The molecule has 0 saturated heterocycles. The van der Waals surface area contributed by atoms with Crippen molar-refractivity contribution in [1.82, 2.24) is 9.97 Å². The molecule has 0 radical (unpaired) electrons. The molecule has 17 heavy (non-hydrogen) atoms. The van der Waals surface area contributed by atoms with E-state index < -0.39 is 0 Å². The van der Waals surface area contributed by atoms with Crippen LogP contribution in [0.2, 0.25) is 0 Å². The molecule has 5 nitrogen and oxygen atoms in total. The third-order valence-electron chi connectivity index (χ3n) is 2.57. The highest BCUT2D eigenvalue weighted by Crippen LogP contribution is 2.10. The zero-order valence-corrected chi connectivity index (χ0v) is 10.8. The first-order valence-corrected chi connectivity index (χ1v) is 6.04. The number of aliphatic hydroxyl groups is 1. The van der Waals surface area contributed by atoms with Crippen LogP contribution in [0.5, 0.6) is 0 Å². The molecule has 0 bridgehead atoms. The molecule has 0 fully saturated rings. The van der Waals surface area contributed by atoms with Gasteiger partial charge in [-0.2, -0.15) is 4.98 Å². The maximum Gasteiger partial charge on any atom is 0.224 e. The van der Waals surface area contributed by atoms with Crippen LogP contribution >= 0.6 is 0 Å². The van der Waals surface area contributed by atoms with E-state index in [1.807, 2.05) is 27.0 Å². The monoisotopic (exact) mass is 238 g/mol. The Morgan fingerprint density at radius 2 is 2.18 bits per heavy atom. The molecule has 3 N–H and O–H groups in total. The van der Waals surface area contributed by atoms with Gasteiger partial charge in [-0.05, 0) is 25.7 Å². The van der Waals surface area contributed by atoms with Crippen molar-refractivity contribution in [3.8, 4) is 0 Å². The SMILES string of the molecule is CNc1nc(C)cc(NCCCC(C)CO)n1. The largest absolute Gasteiger partial charge is 0.396 e. The fraction of sp³-hybridized carbons (Fsp3) is 0.667. The Bertz CT molecular complexity index is 343. The number of aliphatic hydroxyl groups excluding tert-OH is 1. The van der Waals surface area contributed by atoms with Crippen LogP contribution in [-0.2, 0) is 0 Å². The molecule has 5 heteroatoms. The predicted molar refractivity (Wildman–Crippen MR) is 70.3 cm³/mol. The van der Waals surface area contributed by atoms with Crippen molar-refractivity contribution in [1.29, 1.82) is 0 Å². The maximum atomic E-state index is 8.91. The van der Waals surface area contributed by atoms with E-state index >= 15 is 0 Å². The number of nitrogens with one attached hydrogen (secondary N) is 2. The second kappa shape index (κ2) is 7.06. The fourth-order valence-corrected chi connectivity index (χ4v) is 1.53. The van der Waals surface area contributed by atoms with E-state index in [2.05, 4.69) is 20.6 Å². The van der Waals surface area contributed by atoms with Crippen molar-refractivity contribution in [2.45, 2.75) is 26.7 Å². The molecule has 1 rings (SSSR count). The quantitative estimate of drug-likeness (QED) is 0.630. The molecule has 1 atom stereocenters. The van der Waals surface area contributed by atoms with Crippen LogP contribution < -0.4 is 10.6 Å². The van der Waals surface area contributed by atoms with E-state index in [0.29, 0.717) is 11.9 Å². The summed E-state index contributed by atoms with van der Waals surface area (Å²) in [6, 6.07) is 1.93. The number of aromatic nitrogens is 2. The molecular formula is C12H22N4O. The number of aryl methyl sites for hydroxylation is 1. The Morgan fingerprint density at radius 1 is 1.41 bits per heavy atom. The second-order valence-corrected chi connectivity index (χ2v) is 4.32. The lowest BCUT2D eigenvalue weighted by Gasteiger charge is -2.10. The topological polar surface area (TPSA) is 70.1 Å². The zero-order chi connectivity index (χ0) is 12.7. The molecule has 1 aromatic rings. The third kappa shape index (κ3) is 4.99. The molecule has 0 aliphatic heterocycles. The summed E-state index contributed by atoms with van der Waals surface area (Å²) in [5, 5.41) is 15.1. The van der Waals surface area contributed by atoms with E-state index in [4.69, 9.17) is 5.11 Å². The van der Waals surface area contributed by atoms with E-state index in [1.165, 1.54) is 0 Å². The van der Waals surface area contributed by atoms with Crippen LogP contribution in [0.25, 0.3) is 0 Å². The summed E-state index contributed by atoms with van der Waals surface area (Å²) in [6.45, 7) is 5.12. The van der Waals surface area contributed by atoms with Gasteiger partial charge in [-0.1, -0.05) is 6.92 Å². The standard InChI is InChI=1S/C12H22N4O/c1-9(8-17)5-4-6-14-11-7-10(2)15-12(13-3)16-11/h7,9,17H,4-6,8H2,1-3H3,(H2,13,14,15,16). The molecule has 0 aromatic carbocycles. The summed E-state index contributed by atoms with van der Waals surface area (Å²) in [5.74, 6) is 1.85. The number of hydrogen-bond acceptors (Lipinski definition) is 5. The van der Waals surface area contributed by atoms with Crippen LogP contribution in [0, 0.1) is 12.8 Å². The molecular weight excluding hydrogens is 216 g/mol. The first-order chi connectivity index (χ1) is 8.15. The maximum absolute atomic E-state index is 8.91. The van der Waals surface area contributed by atoms with E-state index in [0.717, 1.165) is 30.9 Å². The lowest BCUT2D eigenvalue weighted by atomic mass is 10.1. The van der Waals surface area contributed by atoms with Gasteiger partial charge < -0.3 is 15.7 Å². The van der Waals surface area contributed by atoms with Gasteiger partial charge >= 0.3 is 0 Å². The van der Waals surface area contributed by atoms with Crippen LogP contribution in [0.1, 0.15) is 25.5 Å². The summed E-state index contributed by atoms with van der Waals surface area (Å²) in [7, 11) is 1.81. The van der Waals surface area contributed by atoms with Gasteiger partial charge in [0.25, 0.3) is 0 Å². The molecule has 0 spiro atoms. The predicted octanol–water partition coefficient (Wildman–Crippen LogP) is 1.65. The highest BCUT2D eigenvalue weighted by Gasteiger charge is 2.01. The summed E-state index contributed by atoms with van der Waals surface area (Å²) >= 11 is 0. The van der Waals surface area contributed by atoms with Gasteiger partial charge in [-0.25, -0.2) is 4.98 Å². The number of rotatable bonds is 7. The van der Waals surface area contributed by atoms with E-state index in [9.17, 15) is 0 Å². The van der Waals surface area contributed by atoms with Gasteiger partial charge in [0.15, 0.2) is 0 Å². The van der Waals surface area contributed by atoms with Crippen molar-refractivity contribution in [2.75, 3.05) is 30.8 Å². The molecule has 96 valence electrons. The molecule has 0 aliphatic rings. The Hall–Kier alpha value is -1.36. The lowest BCUT2D eigenvalue weighted by molar-refractivity contribution is 0.229. The van der Waals surface area contributed by atoms with E-state index in [1.54, 1.807) is 0 Å². The Kier molecular flexibility index (Phi) is 5.69. The molecule has 0 saturated carbocycles. The van der Waals surface area contributed by atoms with Crippen molar-refractivity contribution in [3.63, 3.8) is 0 Å². The number of hydrogen-bond donors (Lipinski definition) is 3. The molecule has 0 aliphatic carbocycles. The second-order valence-electron chi connectivity index (χ2n) is 4.32. The normalized spacial score (nSPS) is 12.2. The smallest absolute Gasteiger partial charge is 0.224 e. The lowest BCUT2D eigenvalue weighted by Crippen LogP contribution is -2.09. The average Bonchev–Trinajstić information content (AvgIpc) is 2.33. The molecule has 1 heterocycles.